The van der Waals surface area contributed by atoms with Crippen LogP contribution in [0.4, 0.5) is 0 Å². The van der Waals surface area contributed by atoms with E-state index in [2.05, 4.69) is 59.8 Å². The van der Waals surface area contributed by atoms with Crippen molar-refractivity contribution in [3.05, 3.63) is 57.2 Å². The third-order valence-electron chi connectivity index (χ3n) is 2.61. The van der Waals surface area contributed by atoms with Crippen LogP contribution in [0.2, 0.25) is 0 Å². The van der Waals surface area contributed by atoms with Crippen LogP contribution >= 0.6 is 34.4 Å². The molecule has 18 heavy (non-hydrogen) atoms. The molecule has 2 aromatic carbocycles. The first kappa shape index (κ1) is 13.4. The highest BCUT2D eigenvalue weighted by Gasteiger charge is 2.04. The number of aryl methyl sites for hydroxylation is 1. The van der Waals surface area contributed by atoms with Gasteiger partial charge in [0.15, 0.2) is 0 Å². The van der Waals surface area contributed by atoms with E-state index < -0.39 is 0 Å². The molecular weight excluding hydrogens is 353 g/mol. The van der Waals surface area contributed by atoms with Crippen molar-refractivity contribution in [1.82, 2.24) is 0 Å². The Morgan fingerprint density at radius 2 is 1.89 bits per heavy atom. The summed E-state index contributed by atoms with van der Waals surface area (Å²) in [5.74, 6) is 0. The van der Waals surface area contributed by atoms with Gasteiger partial charge in [-0.2, -0.15) is 5.26 Å². The predicted octanol–water partition coefficient (Wildman–Crippen LogP) is 4.88. The van der Waals surface area contributed by atoms with Crippen molar-refractivity contribution in [2.24, 2.45) is 0 Å². The summed E-state index contributed by atoms with van der Waals surface area (Å²) >= 11 is 4.06. The maximum atomic E-state index is 8.91. The van der Waals surface area contributed by atoms with E-state index in [1.807, 2.05) is 18.2 Å². The Labute approximate surface area is 125 Å². The summed E-state index contributed by atoms with van der Waals surface area (Å²) in [5, 5.41) is 8.91. The quantitative estimate of drug-likeness (QED) is 0.724. The van der Waals surface area contributed by atoms with Crippen LogP contribution in [0.25, 0.3) is 0 Å². The standard InChI is InChI=1S/C15H12INS/c1-2-12-9-11(10-17)3-8-15(12)18-14-6-4-13(16)5-7-14/h3-9H,2H2,1H3. The van der Waals surface area contributed by atoms with Crippen molar-refractivity contribution in [2.75, 3.05) is 0 Å². The van der Waals surface area contributed by atoms with Crippen LogP contribution in [-0.2, 0) is 6.42 Å². The molecule has 0 heterocycles. The van der Waals surface area contributed by atoms with E-state index >= 15 is 0 Å². The summed E-state index contributed by atoms with van der Waals surface area (Å²) in [6.07, 6.45) is 0.947. The molecule has 0 saturated heterocycles. The minimum absolute atomic E-state index is 0.735. The van der Waals surface area contributed by atoms with Crippen LogP contribution in [0.1, 0.15) is 18.1 Å². The number of hydrogen-bond donors (Lipinski definition) is 0. The van der Waals surface area contributed by atoms with Gasteiger partial charge in [0, 0.05) is 13.4 Å². The van der Waals surface area contributed by atoms with Crippen LogP contribution in [0, 0.1) is 14.9 Å². The molecule has 0 aliphatic rings. The fraction of sp³-hybridized carbons (Fsp3) is 0.133. The molecule has 3 heteroatoms. The van der Waals surface area contributed by atoms with E-state index in [1.54, 1.807) is 11.8 Å². The zero-order valence-corrected chi connectivity index (χ0v) is 13.0. The van der Waals surface area contributed by atoms with Crippen molar-refractivity contribution >= 4 is 34.4 Å². The molecule has 0 fully saturated rings. The van der Waals surface area contributed by atoms with Gasteiger partial charge in [0.25, 0.3) is 0 Å². The fourth-order valence-corrected chi connectivity index (χ4v) is 3.01. The molecule has 0 unspecified atom stereocenters. The van der Waals surface area contributed by atoms with Crippen molar-refractivity contribution in [3.8, 4) is 6.07 Å². The summed E-state index contributed by atoms with van der Waals surface area (Å²) in [6.45, 7) is 2.12. The van der Waals surface area contributed by atoms with Crippen LogP contribution in [0.15, 0.2) is 52.3 Å². The Morgan fingerprint density at radius 1 is 1.17 bits per heavy atom. The number of rotatable bonds is 3. The fourth-order valence-electron chi connectivity index (χ4n) is 1.65. The van der Waals surface area contributed by atoms with Crippen molar-refractivity contribution < 1.29 is 0 Å². The van der Waals surface area contributed by atoms with Crippen LogP contribution in [0.5, 0.6) is 0 Å². The van der Waals surface area contributed by atoms with Gasteiger partial charge < -0.3 is 0 Å². The first-order chi connectivity index (χ1) is 8.72. The summed E-state index contributed by atoms with van der Waals surface area (Å²) in [7, 11) is 0. The summed E-state index contributed by atoms with van der Waals surface area (Å²) in [5.41, 5.74) is 1.97. The van der Waals surface area contributed by atoms with E-state index in [-0.39, 0.29) is 0 Å². The Hall–Kier alpha value is -0.990. The second-order valence-electron chi connectivity index (χ2n) is 3.84. The molecule has 0 N–H and O–H groups in total. The van der Waals surface area contributed by atoms with E-state index in [0.717, 1.165) is 12.0 Å². The minimum Gasteiger partial charge on any atom is -0.192 e. The number of nitrogens with zero attached hydrogens (tertiary/aromatic N) is 1. The van der Waals surface area contributed by atoms with Gasteiger partial charge in [-0.05, 0) is 77.0 Å². The lowest BCUT2D eigenvalue weighted by molar-refractivity contribution is 1.08. The molecule has 0 radical (unpaired) electrons. The molecule has 90 valence electrons. The van der Waals surface area contributed by atoms with Gasteiger partial charge >= 0.3 is 0 Å². The zero-order chi connectivity index (χ0) is 13.0. The van der Waals surface area contributed by atoms with Crippen LogP contribution in [0.3, 0.4) is 0 Å². The molecule has 0 amide bonds. The maximum Gasteiger partial charge on any atom is 0.0991 e. The normalized spacial score (nSPS) is 10.1. The van der Waals surface area contributed by atoms with Gasteiger partial charge in [-0.15, -0.1) is 0 Å². The van der Waals surface area contributed by atoms with Gasteiger partial charge in [-0.25, -0.2) is 0 Å². The molecule has 2 rings (SSSR count). The highest BCUT2D eigenvalue weighted by Crippen LogP contribution is 2.31. The Morgan fingerprint density at radius 3 is 2.50 bits per heavy atom. The third-order valence-corrected chi connectivity index (χ3v) is 4.46. The molecule has 0 aliphatic heterocycles. The highest BCUT2D eigenvalue weighted by molar-refractivity contribution is 14.1. The molecule has 0 atom stereocenters. The Kier molecular flexibility index (Phi) is 4.67. The zero-order valence-electron chi connectivity index (χ0n) is 9.98. The largest absolute Gasteiger partial charge is 0.192 e. The van der Waals surface area contributed by atoms with E-state index in [4.69, 9.17) is 5.26 Å². The molecule has 0 spiro atoms. The average Bonchev–Trinajstić information content (AvgIpc) is 2.41. The number of hydrogen-bond acceptors (Lipinski definition) is 2. The molecule has 0 saturated carbocycles. The molecular formula is C15H12INS. The summed E-state index contributed by atoms with van der Waals surface area (Å²) < 4.78 is 1.24. The second kappa shape index (κ2) is 6.26. The van der Waals surface area contributed by atoms with Crippen molar-refractivity contribution in [2.45, 2.75) is 23.1 Å². The molecule has 0 aliphatic carbocycles. The third kappa shape index (κ3) is 3.27. The maximum absolute atomic E-state index is 8.91. The van der Waals surface area contributed by atoms with E-state index in [1.165, 1.54) is 18.9 Å². The van der Waals surface area contributed by atoms with Gasteiger partial charge in [-0.3, -0.25) is 0 Å². The molecule has 2 aromatic rings. The minimum atomic E-state index is 0.735. The first-order valence-corrected chi connectivity index (χ1v) is 7.59. The van der Waals surface area contributed by atoms with Gasteiger partial charge in [-0.1, -0.05) is 18.7 Å². The average molecular weight is 365 g/mol. The molecule has 1 nitrogen and oxygen atoms in total. The SMILES string of the molecule is CCc1cc(C#N)ccc1Sc1ccc(I)cc1. The summed E-state index contributed by atoms with van der Waals surface area (Å²) in [4.78, 5) is 2.47. The lowest BCUT2D eigenvalue weighted by atomic mass is 10.1. The highest BCUT2D eigenvalue weighted by atomic mass is 127. The number of halogens is 1. The Bertz CT molecular complexity index is 584. The topological polar surface area (TPSA) is 23.8 Å². The predicted molar refractivity (Wildman–Crippen MR) is 83.8 cm³/mol. The summed E-state index contributed by atoms with van der Waals surface area (Å²) in [6, 6.07) is 16.6. The lowest BCUT2D eigenvalue weighted by Crippen LogP contribution is -1.87. The van der Waals surface area contributed by atoms with Gasteiger partial charge in [0.05, 0.1) is 11.6 Å². The number of nitriles is 1. The molecule has 0 aromatic heterocycles. The van der Waals surface area contributed by atoms with Crippen LogP contribution < -0.4 is 0 Å². The van der Waals surface area contributed by atoms with Crippen LogP contribution in [-0.4, -0.2) is 0 Å². The smallest absolute Gasteiger partial charge is 0.0991 e. The van der Waals surface area contributed by atoms with Gasteiger partial charge in [0.2, 0.25) is 0 Å². The molecule has 0 bridgehead atoms. The van der Waals surface area contributed by atoms with Crippen molar-refractivity contribution in [1.29, 1.82) is 5.26 Å². The van der Waals surface area contributed by atoms with E-state index in [9.17, 15) is 0 Å². The van der Waals surface area contributed by atoms with Gasteiger partial charge in [0.1, 0.15) is 0 Å². The second-order valence-corrected chi connectivity index (χ2v) is 6.20. The Balaban J connectivity index is 2.29. The lowest BCUT2D eigenvalue weighted by Gasteiger charge is -2.08. The monoisotopic (exact) mass is 365 g/mol. The first-order valence-electron chi connectivity index (χ1n) is 5.69. The van der Waals surface area contributed by atoms with E-state index in [0.29, 0.717) is 0 Å². The van der Waals surface area contributed by atoms with Crippen molar-refractivity contribution in [3.63, 3.8) is 0 Å². The number of benzene rings is 2.